The van der Waals surface area contributed by atoms with Crippen LogP contribution in [0.25, 0.3) is 0 Å². The maximum absolute atomic E-state index is 12.1. The number of Topliss-reactive ketones (excluding diaryl/α,β-unsaturated/α-hetero) is 1. The van der Waals surface area contributed by atoms with Crippen LogP contribution >= 0.6 is 0 Å². The van der Waals surface area contributed by atoms with Gasteiger partial charge >= 0.3 is 0 Å². The average molecular weight is 244 g/mol. The molecule has 0 spiro atoms. The Morgan fingerprint density at radius 2 is 1.78 bits per heavy atom. The topological polar surface area (TPSA) is 17.1 Å². The van der Waals surface area contributed by atoms with Crippen molar-refractivity contribution in [3.8, 4) is 0 Å². The molecule has 0 saturated heterocycles. The molecule has 98 valence electrons. The van der Waals surface area contributed by atoms with Crippen molar-refractivity contribution < 1.29 is 4.79 Å². The second-order valence-corrected chi connectivity index (χ2v) is 5.70. The first kappa shape index (κ1) is 13.3. The number of hydrogen-bond acceptors (Lipinski definition) is 1. The summed E-state index contributed by atoms with van der Waals surface area (Å²) in [6.07, 6.45) is 9.33. The largest absolute Gasteiger partial charge is 0.299 e. The van der Waals surface area contributed by atoms with Crippen molar-refractivity contribution in [2.24, 2.45) is 5.92 Å². The van der Waals surface area contributed by atoms with Crippen molar-refractivity contribution in [3.63, 3.8) is 0 Å². The maximum atomic E-state index is 12.1. The van der Waals surface area contributed by atoms with Crippen LogP contribution in [0.2, 0.25) is 0 Å². The van der Waals surface area contributed by atoms with Crippen molar-refractivity contribution in [1.29, 1.82) is 0 Å². The number of rotatable bonds is 4. The van der Waals surface area contributed by atoms with E-state index < -0.39 is 0 Å². The molecule has 0 amide bonds. The van der Waals surface area contributed by atoms with Crippen LogP contribution < -0.4 is 0 Å². The van der Waals surface area contributed by atoms with E-state index in [0.29, 0.717) is 18.1 Å². The van der Waals surface area contributed by atoms with Gasteiger partial charge in [-0.15, -0.1) is 0 Å². The Balaban J connectivity index is 1.86. The van der Waals surface area contributed by atoms with Crippen LogP contribution in [0, 0.1) is 12.8 Å². The minimum atomic E-state index is 0.427. The molecule has 0 unspecified atom stereocenters. The molecule has 0 aliphatic heterocycles. The minimum Gasteiger partial charge on any atom is -0.299 e. The molecule has 1 aromatic carbocycles. The monoisotopic (exact) mass is 244 g/mol. The quantitative estimate of drug-likeness (QED) is 0.714. The van der Waals surface area contributed by atoms with Crippen LogP contribution in [-0.4, -0.2) is 5.78 Å². The fraction of sp³-hybridized carbons (Fsp3) is 0.588. The van der Waals surface area contributed by atoms with Gasteiger partial charge in [-0.1, -0.05) is 62.8 Å². The highest BCUT2D eigenvalue weighted by molar-refractivity contribution is 5.81. The summed E-state index contributed by atoms with van der Waals surface area (Å²) >= 11 is 0. The molecule has 0 radical (unpaired) electrons. The fourth-order valence-corrected chi connectivity index (χ4v) is 2.98. The molecule has 0 atom stereocenters. The second-order valence-electron chi connectivity index (χ2n) is 5.70. The van der Waals surface area contributed by atoms with Crippen LogP contribution in [0.1, 0.15) is 56.1 Å². The van der Waals surface area contributed by atoms with Gasteiger partial charge < -0.3 is 0 Å². The molecule has 18 heavy (non-hydrogen) atoms. The van der Waals surface area contributed by atoms with Crippen molar-refractivity contribution in [3.05, 3.63) is 35.4 Å². The number of carbonyl (C=O) groups is 1. The lowest BCUT2D eigenvalue weighted by molar-refractivity contribution is -0.119. The molecular formula is C17H24O. The fourth-order valence-electron chi connectivity index (χ4n) is 2.98. The van der Waals surface area contributed by atoms with E-state index in [0.717, 1.165) is 6.42 Å². The van der Waals surface area contributed by atoms with Gasteiger partial charge in [0, 0.05) is 12.8 Å². The van der Waals surface area contributed by atoms with Gasteiger partial charge in [0.1, 0.15) is 5.78 Å². The average Bonchev–Trinajstić information content (AvgIpc) is 2.61. The molecule has 1 heteroatoms. The molecule has 1 saturated carbocycles. The van der Waals surface area contributed by atoms with Crippen LogP contribution in [0.3, 0.4) is 0 Å². The summed E-state index contributed by atoms with van der Waals surface area (Å²) in [5.74, 6) is 1.08. The highest BCUT2D eigenvalue weighted by Gasteiger charge is 2.16. The van der Waals surface area contributed by atoms with Gasteiger partial charge in [-0.25, -0.2) is 0 Å². The third-order valence-corrected chi connectivity index (χ3v) is 4.14. The summed E-state index contributed by atoms with van der Waals surface area (Å²) in [6, 6.07) is 8.24. The van der Waals surface area contributed by atoms with Crippen molar-refractivity contribution in [2.75, 3.05) is 0 Å². The third-order valence-electron chi connectivity index (χ3n) is 4.14. The Bertz CT molecular complexity index is 386. The van der Waals surface area contributed by atoms with Gasteiger partial charge in [-0.3, -0.25) is 4.79 Å². The lowest BCUT2D eigenvalue weighted by Crippen LogP contribution is -2.11. The number of aryl methyl sites for hydroxylation is 1. The first-order chi connectivity index (χ1) is 8.75. The summed E-state index contributed by atoms with van der Waals surface area (Å²) < 4.78 is 0. The standard InChI is InChI=1S/C17H24O/c1-14-8-6-7-11-16(14)13-17(18)12-15-9-4-2-3-5-10-15/h6-8,11,15H,2-5,9-10,12-13H2,1H3. The molecule has 0 aromatic heterocycles. The smallest absolute Gasteiger partial charge is 0.137 e. The third kappa shape index (κ3) is 3.97. The highest BCUT2D eigenvalue weighted by atomic mass is 16.1. The number of benzene rings is 1. The van der Waals surface area contributed by atoms with Crippen molar-refractivity contribution in [1.82, 2.24) is 0 Å². The Morgan fingerprint density at radius 1 is 1.11 bits per heavy atom. The van der Waals surface area contributed by atoms with Crippen molar-refractivity contribution >= 4 is 5.78 Å². The predicted molar refractivity (Wildman–Crippen MR) is 75.7 cm³/mol. The summed E-state index contributed by atoms with van der Waals surface area (Å²) in [7, 11) is 0. The number of hydrogen-bond donors (Lipinski definition) is 0. The Morgan fingerprint density at radius 3 is 2.44 bits per heavy atom. The summed E-state index contributed by atoms with van der Waals surface area (Å²) in [5.41, 5.74) is 2.45. The summed E-state index contributed by atoms with van der Waals surface area (Å²) in [6.45, 7) is 2.09. The van der Waals surface area contributed by atoms with E-state index in [9.17, 15) is 4.79 Å². The van der Waals surface area contributed by atoms with E-state index >= 15 is 0 Å². The molecule has 0 heterocycles. The van der Waals surface area contributed by atoms with E-state index in [1.807, 2.05) is 12.1 Å². The van der Waals surface area contributed by atoms with E-state index in [1.165, 1.54) is 49.7 Å². The van der Waals surface area contributed by atoms with Crippen LogP contribution in [-0.2, 0) is 11.2 Å². The molecule has 1 aliphatic carbocycles. The minimum absolute atomic E-state index is 0.427. The van der Waals surface area contributed by atoms with Gasteiger partial charge in [-0.05, 0) is 24.0 Å². The van der Waals surface area contributed by atoms with E-state index in [2.05, 4.69) is 19.1 Å². The van der Waals surface area contributed by atoms with E-state index in [1.54, 1.807) is 0 Å². The maximum Gasteiger partial charge on any atom is 0.137 e. The molecule has 0 N–H and O–H groups in total. The van der Waals surface area contributed by atoms with E-state index in [4.69, 9.17) is 0 Å². The van der Waals surface area contributed by atoms with Gasteiger partial charge in [0.15, 0.2) is 0 Å². The number of carbonyl (C=O) groups excluding carboxylic acids is 1. The normalized spacial score (nSPS) is 17.4. The first-order valence-corrected chi connectivity index (χ1v) is 7.32. The molecule has 1 fully saturated rings. The van der Waals surface area contributed by atoms with Crippen molar-refractivity contribution in [2.45, 2.75) is 58.3 Å². The lowest BCUT2D eigenvalue weighted by Gasteiger charge is -2.13. The molecular weight excluding hydrogens is 220 g/mol. The Labute approximate surface area is 111 Å². The molecule has 1 aliphatic rings. The Kier molecular flexibility index (Phi) is 4.98. The summed E-state index contributed by atoms with van der Waals surface area (Å²) in [5, 5.41) is 0. The van der Waals surface area contributed by atoms with Crippen LogP contribution in [0.5, 0.6) is 0 Å². The molecule has 1 aromatic rings. The zero-order valence-corrected chi connectivity index (χ0v) is 11.5. The van der Waals surface area contributed by atoms with Gasteiger partial charge in [0.2, 0.25) is 0 Å². The predicted octanol–water partition coefficient (Wildman–Crippen LogP) is 4.47. The van der Waals surface area contributed by atoms with Gasteiger partial charge in [-0.2, -0.15) is 0 Å². The molecule has 0 bridgehead atoms. The zero-order chi connectivity index (χ0) is 12.8. The van der Waals surface area contributed by atoms with Gasteiger partial charge in [0.05, 0.1) is 0 Å². The number of ketones is 1. The van der Waals surface area contributed by atoms with Gasteiger partial charge in [0.25, 0.3) is 0 Å². The zero-order valence-electron chi connectivity index (χ0n) is 11.5. The van der Waals surface area contributed by atoms with E-state index in [-0.39, 0.29) is 0 Å². The van der Waals surface area contributed by atoms with Crippen LogP contribution in [0.4, 0.5) is 0 Å². The first-order valence-electron chi connectivity index (χ1n) is 7.32. The second kappa shape index (κ2) is 6.72. The van der Waals surface area contributed by atoms with Crippen LogP contribution in [0.15, 0.2) is 24.3 Å². The highest BCUT2D eigenvalue weighted by Crippen LogP contribution is 2.26. The summed E-state index contributed by atoms with van der Waals surface area (Å²) in [4.78, 5) is 12.1. The lowest BCUT2D eigenvalue weighted by atomic mass is 9.91. The Hall–Kier alpha value is -1.11. The molecule has 1 nitrogen and oxygen atoms in total. The molecule has 2 rings (SSSR count). The SMILES string of the molecule is Cc1ccccc1CC(=O)CC1CCCCCC1.